The Bertz CT molecular complexity index is 886. The third-order valence-corrected chi connectivity index (χ3v) is 4.75. The van der Waals surface area contributed by atoms with Crippen LogP contribution in [0.1, 0.15) is 35.7 Å². The summed E-state index contributed by atoms with van der Waals surface area (Å²) in [5.41, 5.74) is 2.00. The standard InChI is InChI=1S/C18H19F2N5O/c19-18(20)25-9-7-15(23-25)17(26)24-8-3-4-12(11-24)10-16-21-13-5-1-2-6-14(13)22-16/h1-2,5-7,9,12,18H,3-4,8,10-11H2,(H,21,22)/t12-/m0/s1. The second kappa shape index (κ2) is 6.86. The molecule has 26 heavy (non-hydrogen) atoms. The number of aromatic amines is 1. The average Bonchev–Trinajstić information content (AvgIpc) is 3.28. The molecule has 0 aliphatic carbocycles. The van der Waals surface area contributed by atoms with Gasteiger partial charge in [-0.15, -0.1) is 0 Å². The number of carbonyl (C=O) groups excluding carboxylic acids is 1. The number of imidazole rings is 1. The van der Waals surface area contributed by atoms with Crippen LogP contribution in [0.3, 0.4) is 0 Å². The monoisotopic (exact) mass is 359 g/mol. The molecule has 1 aromatic carbocycles. The number of rotatable bonds is 4. The molecule has 2 aromatic heterocycles. The molecule has 1 saturated heterocycles. The molecule has 0 saturated carbocycles. The minimum absolute atomic E-state index is 0.0645. The fourth-order valence-electron chi connectivity index (χ4n) is 3.51. The van der Waals surface area contributed by atoms with Gasteiger partial charge in [-0.25, -0.2) is 9.67 Å². The minimum Gasteiger partial charge on any atom is -0.342 e. The van der Waals surface area contributed by atoms with Crippen LogP contribution < -0.4 is 0 Å². The van der Waals surface area contributed by atoms with Crippen LogP contribution in [-0.4, -0.2) is 43.6 Å². The molecular formula is C18H19F2N5O. The highest BCUT2D eigenvalue weighted by Crippen LogP contribution is 2.22. The third kappa shape index (κ3) is 3.31. The lowest BCUT2D eigenvalue weighted by Gasteiger charge is -2.32. The maximum Gasteiger partial charge on any atom is 0.333 e. The Labute approximate surface area is 148 Å². The number of hydrogen-bond donors (Lipinski definition) is 1. The summed E-state index contributed by atoms with van der Waals surface area (Å²) in [6, 6.07) is 9.21. The second-order valence-electron chi connectivity index (χ2n) is 6.62. The zero-order chi connectivity index (χ0) is 18.1. The maximum absolute atomic E-state index is 12.6. The van der Waals surface area contributed by atoms with Crippen molar-refractivity contribution in [2.75, 3.05) is 13.1 Å². The van der Waals surface area contributed by atoms with Crippen molar-refractivity contribution >= 4 is 16.9 Å². The number of para-hydroxylation sites is 2. The lowest BCUT2D eigenvalue weighted by molar-refractivity contribution is 0.0542. The average molecular weight is 359 g/mol. The van der Waals surface area contributed by atoms with Crippen molar-refractivity contribution in [2.24, 2.45) is 5.92 Å². The van der Waals surface area contributed by atoms with Gasteiger partial charge in [0.05, 0.1) is 11.0 Å². The van der Waals surface area contributed by atoms with Gasteiger partial charge in [0.15, 0.2) is 5.69 Å². The molecular weight excluding hydrogens is 340 g/mol. The van der Waals surface area contributed by atoms with E-state index >= 15 is 0 Å². The highest BCUT2D eigenvalue weighted by molar-refractivity contribution is 5.92. The normalized spacial score (nSPS) is 18.0. The number of fused-ring (bicyclic) bond motifs is 1. The van der Waals surface area contributed by atoms with E-state index in [-0.39, 0.29) is 17.5 Å². The van der Waals surface area contributed by atoms with Crippen LogP contribution in [0, 0.1) is 5.92 Å². The fourth-order valence-corrected chi connectivity index (χ4v) is 3.51. The summed E-state index contributed by atoms with van der Waals surface area (Å²) in [6.07, 6.45) is 3.77. The molecule has 1 fully saturated rings. The quantitative estimate of drug-likeness (QED) is 0.778. The molecule has 136 valence electrons. The largest absolute Gasteiger partial charge is 0.342 e. The summed E-state index contributed by atoms with van der Waals surface area (Å²) >= 11 is 0. The van der Waals surface area contributed by atoms with Crippen molar-refractivity contribution in [1.29, 1.82) is 0 Å². The number of carbonyl (C=O) groups is 1. The van der Waals surface area contributed by atoms with E-state index in [1.54, 1.807) is 4.90 Å². The molecule has 4 rings (SSSR count). The molecule has 1 atom stereocenters. The van der Waals surface area contributed by atoms with Crippen LogP contribution in [0.5, 0.6) is 0 Å². The van der Waals surface area contributed by atoms with Gasteiger partial charge >= 0.3 is 6.55 Å². The number of likely N-dealkylation sites (tertiary alicyclic amines) is 1. The Kier molecular flexibility index (Phi) is 4.40. The molecule has 3 aromatic rings. The molecule has 1 amide bonds. The number of amides is 1. The number of piperidine rings is 1. The van der Waals surface area contributed by atoms with Crippen molar-refractivity contribution in [2.45, 2.75) is 25.8 Å². The van der Waals surface area contributed by atoms with Crippen LogP contribution in [0.4, 0.5) is 8.78 Å². The third-order valence-electron chi connectivity index (χ3n) is 4.75. The zero-order valence-corrected chi connectivity index (χ0v) is 14.1. The van der Waals surface area contributed by atoms with E-state index in [0.29, 0.717) is 17.8 Å². The lowest BCUT2D eigenvalue weighted by Crippen LogP contribution is -2.40. The highest BCUT2D eigenvalue weighted by Gasteiger charge is 2.27. The van der Waals surface area contributed by atoms with E-state index in [1.807, 2.05) is 24.3 Å². The van der Waals surface area contributed by atoms with Gasteiger partial charge in [0.25, 0.3) is 5.91 Å². The van der Waals surface area contributed by atoms with E-state index in [2.05, 4.69) is 15.1 Å². The van der Waals surface area contributed by atoms with Gasteiger partial charge < -0.3 is 9.88 Å². The Morgan fingerprint density at radius 2 is 2.15 bits per heavy atom. The van der Waals surface area contributed by atoms with Gasteiger partial charge in [-0.1, -0.05) is 12.1 Å². The predicted molar refractivity (Wildman–Crippen MR) is 91.9 cm³/mol. The van der Waals surface area contributed by atoms with Crippen LogP contribution in [0.15, 0.2) is 36.5 Å². The molecule has 8 heteroatoms. The summed E-state index contributed by atoms with van der Waals surface area (Å²) in [4.78, 5) is 22.2. The van der Waals surface area contributed by atoms with Crippen molar-refractivity contribution in [3.05, 3.63) is 48.0 Å². The first-order chi connectivity index (χ1) is 12.6. The maximum atomic E-state index is 12.6. The van der Waals surface area contributed by atoms with Crippen LogP contribution in [0.25, 0.3) is 11.0 Å². The van der Waals surface area contributed by atoms with Gasteiger partial charge in [0, 0.05) is 25.7 Å². The van der Waals surface area contributed by atoms with Crippen molar-refractivity contribution in [3.8, 4) is 0 Å². The summed E-state index contributed by atoms with van der Waals surface area (Å²) in [7, 11) is 0. The van der Waals surface area contributed by atoms with Crippen LogP contribution in [0.2, 0.25) is 0 Å². The van der Waals surface area contributed by atoms with E-state index in [9.17, 15) is 13.6 Å². The SMILES string of the molecule is O=C(c1ccn(C(F)F)n1)N1CCC[C@@H](Cc2nc3ccccc3[nH]2)C1. The van der Waals surface area contributed by atoms with Gasteiger partial charge in [-0.3, -0.25) is 4.79 Å². The summed E-state index contributed by atoms with van der Waals surface area (Å²) in [5.74, 6) is 0.900. The summed E-state index contributed by atoms with van der Waals surface area (Å²) < 4.78 is 25.8. The Morgan fingerprint density at radius 3 is 2.92 bits per heavy atom. The zero-order valence-electron chi connectivity index (χ0n) is 14.1. The van der Waals surface area contributed by atoms with Crippen molar-refractivity contribution in [3.63, 3.8) is 0 Å². The van der Waals surface area contributed by atoms with E-state index in [0.717, 1.165) is 42.3 Å². The molecule has 0 unspecified atom stereocenters. The van der Waals surface area contributed by atoms with E-state index in [1.165, 1.54) is 6.07 Å². The Balaban J connectivity index is 1.44. The minimum atomic E-state index is -2.74. The fraction of sp³-hybridized carbons (Fsp3) is 0.389. The van der Waals surface area contributed by atoms with Gasteiger partial charge in [-0.05, 0) is 37.0 Å². The first kappa shape index (κ1) is 16.7. The second-order valence-corrected chi connectivity index (χ2v) is 6.62. The van der Waals surface area contributed by atoms with E-state index < -0.39 is 6.55 Å². The Hall–Kier alpha value is -2.77. The number of nitrogens with zero attached hydrogens (tertiary/aromatic N) is 4. The number of alkyl halides is 2. The van der Waals surface area contributed by atoms with Crippen molar-refractivity contribution in [1.82, 2.24) is 24.6 Å². The number of halogens is 2. The molecule has 0 bridgehead atoms. The van der Waals surface area contributed by atoms with Crippen LogP contribution >= 0.6 is 0 Å². The Morgan fingerprint density at radius 1 is 1.31 bits per heavy atom. The van der Waals surface area contributed by atoms with Gasteiger partial charge in [0.1, 0.15) is 5.82 Å². The van der Waals surface area contributed by atoms with E-state index in [4.69, 9.17) is 0 Å². The first-order valence-electron chi connectivity index (χ1n) is 8.66. The molecule has 1 aliphatic rings. The molecule has 0 spiro atoms. The molecule has 1 aliphatic heterocycles. The number of benzene rings is 1. The lowest BCUT2D eigenvalue weighted by atomic mass is 9.94. The predicted octanol–water partition coefficient (Wildman–Crippen LogP) is 3.25. The molecule has 6 nitrogen and oxygen atoms in total. The van der Waals surface area contributed by atoms with Crippen LogP contribution in [-0.2, 0) is 6.42 Å². The summed E-state index contributed by atoms with van der Waals surface area (Å²) in [5, 5.41) is 3.68. The van der Waals surface area contributed by atoms with Gasteiger partial charge in [-0.2, -0.15) is 13.9 Å². The number of aromatic nitrogens is 4. The first-order valence-corrected chi connectivity index (χ1v) is 8.66. The molecule has 3 heterocycles. The number of H-pyrrole nitrogens is 1. The molecule has 1 N–H and O–H groups in total. The summed E-state index contributed by atoms with van der Waals surface area (Å²) in [6.45, 7) is -1.53. The number of nitrogens with one attached hydrogen (secondary N) is 1. The smallest absolute Gasteiger partial charge is 0.333 e. The van der Waals surface area contributed by atoms with Gasteiger partial charge in [0.2, 0.25) is 0 Å². The number of hydrogen-bond acceptors (Lipinski definition) is 3. The topological polar surface area (TPSA) is 66.8 Å². The highest BCUT2D eigenvalue weighted by atomic mass is 19.3. The van der Waals surface area contributed by atoms with Crippen molar-refractivity contribution < 1.29 is 13.6 Å². The molecule has 0 radical (unpaired) electrons.